The summed E-state index contributed by atoms with van der Waals surface area (Å²) >= 11 is 5.68. The fourth-order valence-corrected chi connectivity index (χ4v) is 1.74. The molecular formula is C8H7ClN4O2. The van der Waals surface area contributed by atoms with Gasteiger partial charge in [-0.1, -0.05) is 0 Å². The van der Waals surface area contributed by atoms with Crippen LogP contribution in [0.25, 0.3) is 11.2 Å². The minimum atomic E-state index is -0.199. The molecule has 15 heavy (non-hydrogen) atoms. The molecule has 2 aromatic rings. The molecule has 1 fully saturated rings. The molecule has 0 aromatic carbocycles. The van der Waals surface area contributed by atoms with Crippen LogP contribution in [0.1, 0.15) is 6.04 Å². The Kier molecular flexibility index (Phi) is 1.80. The van der Waals surface area contributed by atoms with Gasteiger partial charge in [0.15, 0.2) is 5.65 Å². The summed E-state index contributed by atoms with van der Waals surface area (Å²) in [5, 5.41) is 0.135. The molecule has 0 amide bonds. The number of nitrogens with zero attached hydrogens (tertiary/aromatic N) is 3. The van der Waals surface area contributed by atoms with Gasteiger partial charge in [0, 0.05) is 0 Å². The van der Waals surface area contributed by atoms with Gasteiger partial charge in [-0.15, -0.1) is 0 Å². The average molecular weight is 227 g/mol. The van der Waals surface area contributed by atoms with Gasteiger partial charge >= 0.3 is 5.69 Å². The predicted octanol–water partition coefficient (Wildman–Crippen LogP) is 0.344. The Morgan fingerprint density at radius 3 is 3.07 bits per heavy atom. The first-order valence-corrected chi connectivity index (χ1v) is 4.84. The topological polar surface area (TPSA) is 72.8 Å². The summed E-state index contributed by atoms with van der Waals surface area (Å²) in [6, 6.07) is 0.0530. The van der Waals surface area contributed by atoms with Crippen molar-refractivity contribution >= 4 is 22.8 Å². The first-order valence-electron chi connectivity index (χ1n) is 4.46. The summed E-state index contributed by atoms with van der Waals surface area (Å²) in [4.78, 5) is 22.1. The third kappa shape index (κ3) is 1.25. The number of aromatic amines is 1. The standard InChI is InChI=1S/C8H7ClN4O2/c9-7-10-1-5-6(12-7)13(8(14)11-5)4-2-15-3-4/h1,4H,2-3H2,(H,11,14). The van der Waals surface area contributed by atoms with Gasteiger partial charge in [-0.25, -0.2) is 9.78 Å². The fourth-order valence-electron chi connectivity index (χ4n) is 1.61. The molecule has 0 unspecified atom stereocenters. The number of ether oxygens (including phenoxy) is 1. The number of fused-ring (bicyclic) bond motifs is 1. The first kappa shape index (κ1) is 8.87. The van der Waals surface area contributed by atoms with Gasteiger partial charge in [0.2, 0.25) is 5.28 Å². The number of H-pyrrole nitrogens is 1. The summed E-state index contributed by atoms with van der Waals surface area (Å²) in [7, 11) is 0. The van der Waals surface area contributed by atoms with Crippen molar-refractivity contribution in [3.8, 4) is 0 Å². The second-order valence-corrected chi connectivity index (χ2v) is 3.71. The lowest BCUT2D eigenvalue weighted by molar-refractivity contribution is -0.0231. The predicted molar refractivity (Wildman–Crippen MR) is 53.0 cm³/mol. The van der Waals surface area contributed by atoms with E-state index in [9.17, 15) is 4.79 Å². The van der Waals surface area contributed by atoms with E-state index in [1.54, 1.807) is 4.57 Å². The molecule has 0 saturated carbocycles. The van der Waals surface area contributed by atoms with Crippen LogP contribution in [0.4, 0.5) is 0 Å². The zero-order valence-electron chi connectivity index (χ0n) is 7.61. The molecule has 78 valence electrons. The summed E-state index contributed by atoms with van der Waals surface area (Å²) in [6.45, 7) is 1.07. The van der Waals surface area contributed by atoms with Gasteiger partial charge in [0.25, 0.3) is 0 Å². The van der Waals surface area contributed by atoms with Crippen molar-refractivity contribution in [2.45, 2.75) is 6.04 Å². The van der Waals surface area contributed by atoms with Gasteiger partial charge in [-0.2, -0.15) is 4.98 Å². The summed E-state index contributed by atoms with van der Waals surface area (Å²) in [5.41, 5.74) is 0.930. The van der Waals surface area contributed by atoms with Crippen LogP contribution in [0.15, 0.2) is 11.0 Å². The highest BCUT2D eigenvalue weighted by atomic mass is 35.5. The van der Waals surface area contributed by atoms with Gasteiger partial charge in [-0.3, -0.25) is 4.57 Å². The highest BCUT2D eigenvalue weighted by molar-refractivity contribution is 6.28. The molecule has 1 saturated heterocycles. The van der Waals surface area contributed by atoms with Crippen molar-refractivity contribution in [3.05, 3.63) is 22.0 Å². The summed E-state index contributed by atoms with van der Waals surface area (Å²) in [5.74, 6) is 0. The number of imidazole rings is 1. The van der Waals surface area contributed by atoms with E-state index >= 15 is 0 Å². The van der Waals surface area contributed by atoms with Crippen LogP contribution in [0.2, 0.25) is 5.28 Å². The number of nitrogens with one attached hydrogen (secondary N) is 1. The van der Waals surface area contributed by atoms with Crippen LogP contribution in [0.5, 0.6) is 0 Å². The van der Waals surface area contributed by atoms with Crippen molar-refractivity contribution in [3.63, 3.8) is 0 Å². The second-order valence-electron chi connectivity index (χ2n) is 3.37. The monoisotopic (exact) mass is 226 g/mol. The number of hydrogen-bond donors (Lipinski definition) is 1. The number of aromatic nitrogens is 4. The van der Waals surface area contributed by atoms with E-state index in [0.29, 0.717) is 24.4 Å². The smallest absolute Gasteiger partial charge is 0.328 e. The van der Waals surface area contributed by atoms with Gasteiger partial charge < -0.3 is 9.72 Å². The molecule has 0 spiro atoms. The Hall–Kier alpha value is -1.40. The van der Waals surface area contributed by atoms with Crippen LogP contribution < -0.4 is 5.69 Å². The third-order valence-electron chi connectivity index (χ3n) is 2.41. The van der Waals surface area contributed by atoms with Crippen LogP contribution in [0.3, 0.4) is 0 Å². The van der Waals surface area contributed by atoms with Crippen LogP contribution in [-0.2, 0) is 4.74 Å². The maximum atomic E-state index is 11.6. The average Bonchev–Trinajstić information content (AvgIpc) is 2.42. The molecule has 0 aliphatic carbocycles. The van der Waals surface area contributed by atoms with E-state index in [4.69, 9.17) is 16.3 Å². The van der Waals surface area contributed by atoms with E-state index < -0.39 is 0 Å². The van der Waals surface area contributed by atoms with E-state index in [0.717, 1.165) is 0 Å². The number of hydrogen-bond acceptors (Lipinski definition) is 4. The van der Waals surface area contributed by atoms with E-state index in [-0.39, 0.29) is 17.0 Å². The molecule has 0 atom stereocenters. The van der Waals surface area contributed by atoms with Crippen molar-refractivity contribution in [2.24, 2.45) is 0 Å². The molecule has 1 aliphatic rings. The Morgan fingerprint density at radius 2 is 2.40 bits per heavy atom. The molecule has 0 bridgehead atoms. The molecule has 3 heterocycles. The Bertz CT molecular complexity index is 572. The maximum absolute atomic E-state index is 11.6. The lowest BCUT2D eigenvalue weighted by Gasteiger charge is -2.26. The van der Waals surface area contributed by atoms with E-state index in [1.165, 1.54) is 6.20 Å². The molecular weight excluding hydrogens is 220 g/mol. The van der Waals surface area contributed by atoms with E-state index in [1.807, 2.05) is 0 Å². The molecule has 0 radical (unpaired) electrons. The van der Waals surface area contributed by atoms with Crippen LogP contribution in [0, 0.1) is 0 Å². The van der Waals surface area contributed by atoms with Crippen LogP contribution >= 0.6 is 11.6 Å². The zero-order chi connectivity index (χ0) is 10.4. The van der Waals surface area contributed by atoms with Crippen molar-refractivity contribution in [1.82, 2.24) is 19.5 Å². The number of halogens is 1. The molecule has 7 heteroatoms. The Labute approximate surface area is 88.9 Å². The molecule has 6 nitrogen and oxygen atoms in total. The Balaban J connectivity index is 2.29. The van der Waals surface area contributed by atoms with Crippen molar-refractivity contribution < 1.29 is 4.74 Å². The highest BCUT2D eigenvalue weighted by Crippen LogP contribution is 2.19. The first-order chi connectivity index (χ1) is 7.25. The number of rotatable bonds is 1. The third-order valence-corrected chi connectivity index (χ3v) is 2.60. The van der Waals surface area contributed by atoms with Crippen molar-refractivity contribution in [1.29, 1.82) is 0 Å². The lowest BCUT2D eigenvalue weighted by Crippen LogP contribution is -2.36. The quantitative estimate of drug-likeness (QED) is 0.712. The largest absolute Gasteiger partial charge is 0.377 e. The molecule has 3 rings (SSSR count). The van der Waals surface area contributed by atoms with Crippen LogP contribution in [-0.4, -0.2) is 32.7 Å². The van der Waals surface area contributed by atoms with Gasteiger partial charge in [0.1, 0.15) is 5.52 Å². The summed E-state index contributed by atoms with van der Waals surface area (Å²) in [6.07, 6.45) is 1.50. The second kappa shape index (κ2) is 3.04. The SMILES string of the molecule is O=c1[nH]c2cnc(Cl)nc2n1C1COC1. The maximum Gasteiger partial charge on any atom is 0.328 e. The zero-order valence-corrected chi connectivity index (χ0v) is 8.36. The van der Waals surface area contributed by atoms with Gasteiger partial charge in [-0.05, 0) is 11.6 Å². The molecule has 2 aromatic heterocycles. The van der Waals surface area contributed by atoms with E-state index in [2.05, 4.69) is 15.0 Å². The van der Waals surface area contributed by atoms with Gasteiger partial charge in [0.05, 0.1) is 25.5 Å². The van der Waals surface area contributed by atoms with Crippen molar-refractivity contribution in [2.75, 3.05) is 13.2 Å². The minimum absolute atomic E-state index is 0.0530. The lowest BCUT2D eigenvalue weighted by atomic mass is 10.2. The highest BCUT2D eigenvalue weighted by Gasteiger charge is 2.25. The molecule has 1 N–H and O–H groups in total. The normalized spacial score (nSPS) is 16.9. The summed E-state index contributed by atoms with van der Waals surface area (Å²) < 4.78 is 6.60. The molecule has 1 aliphatic heterocycles. The Morgan fingerprint density at radius 1 is 1.60 bits per heavy atom. The minimum Gasteiger partial charge on any atom is -0.377 e. The fraction of sp³-hybridized carbons (Fsp3) is 0.375.